The number of likely N-dealkylation sites (tertiary alicyclic amines) is 2. The van der Waals surface area contributed by atoms with E-state index in [1.54, 1.807) is 25.7 Å². The van der Waals surface area contributed by atoms with Crippen LogP contribution in [0.5, 0.6) is 0 Å². The van der Waals surface area contributed by atoms with Crippen LogP contribution < -0.4 is 16.0 Å². The van der Waals surface area contributed by atoms with Crippen molar-refractivity contribution in [2.45, 2.75) is 122 Å². The van der Waals surface area contributed by atoms with Crippen LogP contribution in [0.3, 0.4) is 0 Å². The van der Waals surface area contributed by atoms with Gasteiger partial charge in [0.15, 0.2) is 0 Å². The molecule has 1 aromatic rings. The van der Waals surface area contributed by atoms with Crippen LogP contribution in [0.15, 0.2) is 42.5 Å². The lowest BCUT2D eigenvalue weighted by Crippen LogP contribution is -2.58. The van der Waals surface area contributed by atoms with Gasteiger partial charge in [0.25, 0.3) is 0 Å². The van der Waals surface area contributed by atoms with Crippen LogP contribution in [0.25, 0.3) is 0 Å². The number of carbonyl (C=O) groups excluding carboxylic acids is 6. The molecule has 3 fully saturated rings. The smallest absolute Gasteiger partial charge is 0.329 e. The molecule has 5 rings (SSSR count). The number of rotatable bonds is 12. The molecule has 2 aliphatic heterocycles. The third kappa shape index (κ3) is 9.32. The van der Waals surface area contributed by atoms with Gasteiger partial charge in [0.1, 0.15) is 36.4 Å². The molecule has 13 heteroatoms. The van der Waals surface area contributed by atoms with Gasteiger partial charge in [0.2, 0.25) is 17.7 Å². The molecule has 1 saturated carbocycles. The quantitative estimate of drug-likeness (QED) is 0.218. The first-order valence-corrected chi connectivity index (χ1v) is 18.7. The molecule has 3 N–H and O–H groups in total. The van der Waals surface area contributed by atoms with Gasteiger partial charge in [-0.3, -0.25) is 14.4 Å². The average Bonchev–Trinajstić information content (AvgIpc) is 3.91. The van der Waals surface area contributed by atoms with Crippen molar-refractivity contribution in [3.05, 3.63) is 48.0 Å². The normalized spacial score (nSPS) is 26.2. The Morgan fingerprint density at radius 2 is 1.52 bits per heavy atom. The van der Waals surface area contributed by atoms with E-state index in [4.69, 9.17) is 9.47 Å². The second-order valence-corrected chi connectivity index (χ2v) is 16.0. The van der Waals surface area contributed by atoms with Gasteiger partial charge in [-0.2, -0.15) is 0 Å². The van der Waals surface area contributed by atoms with Gasteiger partial charge in [-0.05, 0) is 89.5 Å². The summed E-state index contributed by atoms with van der Waals surface area (Å²) in [6, 6.07) is 5.00. The van der Waals surface area contributed by atoms with E-state index in [1.165, 1.54) is 11.8 Å². The van der Waals surface area contributed by atoms with Gasteiger partial charge in [-0.15, -0.1) is 0 Å². The molecule has 2 heterocycles. The van der Waals surface area contributed by atoms with Gasteiger partial charge in [-0.1, -0.05) is 56.3 Å². The third-order valence-electron chi connectivity index (χ3n) is 10.3. The summed E-state index contributed by atoms with van der Waals surface area (Å²) in [5.74, 6) is -2.68. The zero-order chi connectivity index (χ0) is 37.7. The zero-order valence-electron chi connectivity index (χ0n) is 31.3. The molecule has 1 aromatic carbocycles. The molecule has 284 valence electrons. The Labute approximate surface area is 306 Å². The van der Waals surface area contributed by atoms with Gasteiger partial charge < -0.3 is 35.2 Å². The summed E-state index contributed by atoms with van der Waals surface area (Å²) in [7, 11) is 0. The zero-order valence-corrected chi connectivity index (χ0v) is 31.3. The van der Waals surface area contributed by atoms with E-state index in [0.29, 0.717) is 45.2 Å². The summed E-state index contributed by atoms with van der Waals surface area (Å²) in [6.07, 6.45) is 7.39. The molecule has 2 saturated heterocycles. The first-order valence-electron chi connectivity index (χ1n) is 18.7. The molecule has 13 nitrogen and oxygen atoms in total. The molecule has 0 radical (unpaired) electrons. The van der Waals surface area contributed by atoms with Crippen molar-refractivity contribution in [2.75, 3.05) is 13.1 Å². The van der Waals surface area contributed by atoms with Crippen molar-refractivity contribution in [3.63, 3.8) is 0 Å². The number of ether oxygens (including phenoxy) is 2. The van der Waals surface area contributed by atoms with Crippen molar-refractivity contribution in [1.29, 1.82) is 0 Å². The highest BCUT2D eigenvalue weighted by Gasteiger charge is 2.52. The first kappa shape index (κ1) is 38.8. The summed E-state index contributed by atoms with van der Waals surface area (Å²) in [4.78, 5) is 83.7. The number of nitrogens with zero attached hydrogens (tertiary/aromatic N) is 2. The minimum atomic E-state index is -0.981. The van der Waals surface area contributed by atoms with Crippen LogP contribution in [0.2, 0.25) is 0 Å². The predicted octanol–water partition coefficient (Wildman–Crippen LogP) is 3.46. The summed E-state index contributed by atoms with van der Waals surface area (Å²) in [5, 5.41) is 8.57. The molecule has 2 bridgehead atoms. The first-order chi connectivity index (χ1) is 24.6. The van der Waals surface area contributed by atoms with E-state index in [-0.39, 0.29) is 30.3 Å². The van der Waals surface area contributed by atoms with E-state index in [2.05, 4.69) is 16.0 Å². The van der Waals surface area contributed by atoms with Crippen molar-refractivity contribution < 1.29 is 38.2 Å². The van der Waals surface area contributed by atoms with Crippen LogP contribution >= 0.6 is 0 Å². The Kier molecular flexibility index (Phi) is 12.3. The fourth-order valence-corrected chi connectivity index (χ4v) is 7.89. The number of amides is 5. The molecule has 5 amide bonds. The highest BCUT2D eigenvalue weighted by atomic mass is 16.6. The fourth-order valence-electron chi connectivity index (χ4n) is 7.89. The summed E-state index contributed by atoms with van der Waals surface area (Å²) >= 11 is 0. The van der Waals surface area contributed by atoms with Crippen LogP contribution in [-0.2, 0) is 40.1 Å². The average molecular weight is 722 g/mol. The number of allylic oxidation sites excluding steroid dienone is 1. The van der Waals surface area contributed by atoms with Crippen LogP contribution in [0.1, 0.15) is 85.6 Å². The van der Waals surface area contributed by atoms with Gasteiger partial charge in [0, 0.05) is 19.1 Å². The highest BCUT2D eigenvalue weighted by Crippen LogP contribution is 2.45. The molecule has 2 aliphatic carbocycles. The molecule has 0 aromatic heterocycles. The SMILES string of the molecule is CC(C)C[C@H](NC(=O)[C@H](C)NC(=O)[C@@H]1CCCN1C(=O)N[C@@H]1[C@H](C(=O)N2CCC[C@H]2C(=O)OC(C)(C)C)[C@@H]2C=C[C@H]1C2)C(=O)OCc1ccccc1. The molecular weight excluding hydrogens is 666 g/mol. The molecular formula is C39H55N5O8. The van der Waals surface area contributed by atoms with E-state index in [0.717, 1.165) is 12.0 Å². The minimum absolute atomic E-state index is 0.0396. The Morgan fingerprint density at radius 3 is 2.19 bits per heavy atom. The number of benzene rings is 1. The maximum atomic E-state index is 14.1. The maximum Gasteiger partial charge on any atom is 0.329 e. The van der Waals surface area contributed by atoms with E-state index >= 15 is 0 Å². The summed E-state index contributed by atoms with van der Waals surface area (Å²) < 4.78 is 11.1. The van der Waals surface area contributed by atoms with Crippen molar-refractivity contribution >= 4 is 35.7 Å². The monoisotopic (exact) mass is 721 g/mol. The second-order valence-electron chi connectivity index (χ2n) is 16.0. The van der Waals surface area contributed by atoms with Crippen molar-refractivity contribution in [2.24, 2.45) is 23.7 Å². The standard InChI is InChI=1S/C39H55N5O8/c1-23(2)20-28(36(48)51-22-25-12-8-7-9-13-25)41-33(45)24(3)40-34(46)29-14-10-19-44(29)38(50)42-32-27-17-16-26(21-27)31(32)35(47)43-18-11-15-30(43)37(49)52-39(4,5)6/h7-9,12-13,16-17,23-24,26-32H,10-11,14-15,18-22H2,1-6H3,(H,40,46)(H,41,45)(H,42,50)/t24-,26+,27-,28-,29-,30-,31+,32-/m0/s1. The van der Waals surface area contributed by atoms with Crippen LogP contribution in [0.4, 0.5) is 4.79 Å². The number of nitrogens with one attached hydrogen (secondary N) is 3. The number of hydrogen-bond acceptors (Lipinski definition) is 8. The molecule has 0 spiro atoms. The van der Waals surface area contributed by atoms with Crippen LogP contribution in [-0.4, -0.2) is 94.4 Å². The number of carbonyl (C=O) groups is 6. The minimum Gasteiger partial charge on any atom is -0.459 e. The lowest BCUT2D eigenvalue weighted by Gasteiger charge is -2.35. The number of hydrogen-bond donors (Lipinski definition) is 3. The van der Waals surface area contributed by atoms with E-state index in [9.17, 15) is 28.8 Å². The largest absolute Gasteiger partial charge is 0.459 e. The third-order valence-corrected chi connectivity index (χ3v) is 10.3. The summed E-state index contributed by atoms with van der Waals surface area (Å²) in [6.45, 7) is 11.7. The van der Waals surface area contributed by atoms with Crippen LogP contribution in [0, 0.1) is 23.7 Å². The Morgan fingerprint density at radius 1 is 0.865 bits per heavy atom. The van der Waals surface area contributed by atoms with Gasteiger partial charge in [-0.25, -0.2) is 14.4 Å². The van der Waals surface area contributed by atoms with Gasteiger partial charge in [0.05, 0.1) is 5.92 Å². The molecule has 0 unspecified atom stereocenters. The maximum absolute atomic E-state index is 14.1. The second kappa shape index (κ2) is 16.5. The molecule has 4 aliphatic rings. The Bertz CT molecular complexity index is 1520. The summed E-state index contributed by atoms with van der Waals surface area (Å²) in [5.41, 5.74) is 0.154. The number of esters is 2. The lowest BCUT2D eigenvalue weighted by molar-refractivity contribution is -0.164. The fraction of sp³-hybridized carbons (Fsp3) is 0.641. The highest BCUT2D eigenvalue weighted by molar-refractivity contribution is 5.94. The molecule has 8 atom stereocenters. The topological polar surface area (TPSA) is 163 Å². The van der Waals surface area contributed by atoms with E-state index in [1.807, 2.05) is 56.3 Å². The van der Waals surface area contributed by atoms with Crippen molar-refractivity contribution in [3.8, 4) is 0 Å². The van der Waals surface area contributed by atoms with E-state index < -0.39 is 71.5 Å². The number of urea groups is 1. The van der Waals surface area contributed by atoms with Crippen molar-refractivity contribution in [1.82, 2.24) is 25.8 Å². The molecule has 52 heavy (non-hydrogen) atoms. The van der Waals surface area contributed by atoms with Gasteiger partial charge >= 0.3 is 18.0 Å². The number of fused-ring (bicyclic) bond motifs is 2. The lowest BCUT2D eigenvalue weighted by atomic mass is 9.87. The Balaban J connectivity index is 1.18. The Hall–Kier alpha value is -4.42. The predicted molar refractivity (Wildman–Crippen MR) is 192 cm³/mol.